The van der Waals surface area contributed by atoms with E-state index in [2.05, 4.69) is 398 Å². The second-order valence-electron chi connectivity index (χ2n) is 40.5. The summed E-state index contributed by atoms with van der Waals surface area (Å²) in [7, 11) is 12.6. The minimum Gasteiger partial charge on any atom is -0.474 e. The van der Waals surface area contributed by atoms with Crippen molar-refractivity contribution in [3.63, 3.8) is 0 Å². The van der Waals surface area contributed by atoms with E-state index in [4.69, 9.17) is 14.2 Å². The smallest absolute Gasteiger partial charge is 0.187 e. The van der Waals surface area contributed by atoms with E-state index < -0.39 is 0 Å². The zero-order chi connectivity index (χ0) is 84.5. The Hall–Kier alpha value is -4.83. The lowest BCUT2D eigenvalue weighted by molar-refractivity contribution is -0.195. The number of rotatable bonds is 0. The van der Waals surface area contributed by atoms with E-state index in [0.29, 0.717) is 11.8 Å². The fourth-order valence-electron chi connectivity index (χ4n) is 13.2. The number of thioether (sulfide) groups is 2. The maximum Gasteiger partial charge on any atom is 0.187 e. The summed E-state index contributed by atoms with van der Waals surface area (Å²) in [6, 6.07) is 0. The first-order chi connectivity index (χ1) is 45.8. The highest BCUT2D eigenvalue weighted by Gasteiger charge is 2.59. The van der Waals surface area contributed by atoms with Gasteiger partial charge in [-0.25, -0.2) is 15.0 Å². The Bertz CT molecular complexity index is 3320. The van der Waals surface area contributed by atoms with Crippen molar-refractivity contribution in [3.05, 3.63) is 97.1 Å². The fraction of sp³-hybridized carbons (Fsp3) is 0.764. The summed E-state index contributed by atoms with van der Waals surface area (Å²) in [5.41, 5.74) is 3.41. The van der Waals surface area contributed by atoms with Crippen LogP contribution in [0, 0.1) is 43.3 Å². The van der Waals surface area contributed by atoms with Crippen LogP contribution in [-0.2, 0) is 14.2 Å². The molecule has 0 bridgehead atoms. The van der Waals surface area contributed by atoms with Gasteiger partial charge in [0.05, 0.1) is 32.5 Å². The van der Waals surface area contributed by atoms with Gasteiger partial charge in [-0.15, -0.1) is 11.8 Å². The third-order valence-corrected chi connectivity index (χ3v) is 33.7. The fourth-order valence-corrected chi connectivity index (χ4v) is 15.7. The molecule has 16 heteroatoms. The Kier molecular flexibility index (Phi) is 28.8. The van der Waals surface area contributed by atoms with Gasteiger partial charge in [0.25, 0.3) is 0 Å². The van der Waals surface area contributed by atoms with Crippen LogP contribution in [0.5, 0.6) is 0 Å². The average molecular weight is 1500 g/mol. The van der Waals surface area contributed by atoms with Crippen molar-refractivity contribution in [2.45, 2.75) is 358 Å². The maximum atomic E-state index is 5.87. The number of aliphatic imine (C=N–C) groups is 5. The van der Waals surface area contributed by atoms with Crippen LogP contribution in [0.3, 0.4) is 0 Å². The Morgan fingerprint density at radius 1 is 0.343 bits per heavy atom. The first-order valence-corrected chi connectivity index (χ1v) is 39.6. The van der Waals surface area contributed by atoms with E-state index in [1.54, 1.807) is 11.8 Å². The number of amidine groups is 2. The van der Waals surface area contributed by atoms with E-state index in [-0.39, 0.29) is 104 Å². The Balaban J connectivity index is 0.000000601. The lowest BCUT2D eigenvalue weighted by atomic mass is 9.60. The number of nitrogens with zero attached hydrogens (tertiary/aromatic N) is 11. The summed E-state index contributed by atoms with van der Waals surface area (Å²) < 4.78 is 17.1. The molecule has 14 nitrogen and oxygen atoms in total. The van der Waals surface area contributed by atoms with E-state index >= 15 is 0 Å². The van der Waals surface area contributed by atoms with Crippen LogP contribution in [-0.4, -0.2) is 160 Å². The molecule has 8 aliphatic heterocycles. The highest BCUT2D eigenvalue weighted by Crippen LogP contribution is 2.59. The third kappa shape index (κ3) is 18.0. The summed E-state index contributed by atoms with van der Waals surface area (Å²) in [5, 5.41) is 2.31. The molecule has 0 aromatic carbocycles. The van der Waals surface area contributed by atoms with E-state index in [0.717, 1.165) is 51.3 Å². The minimum absolute atomic E-state index is 0.0145. The molecule has 3 saturated heterocycles. The standard InChI is InChI=1S/C13H26N2.C12H23NO.C12H23NS.2C11H20N2.2C10H17NO.C10H17NS/c1-10-14(8)12(4,5)11(2,3)13(6,7)15(10)9;2*1-9-13(8)11(4,5)10(2,3)12(6,7)14-9;1-8-10(3,4)11(5,6)12-9(2)13(8)7;1-8-10(3,4)11(5,6)13(7)9(2)12-8;1-7-9(3,4)10(5,6)11-8(2)12-7;1-7-9(3,4)10(5,6)12-8(2)11-7;1-7-9(3,4)10(5,6)11-8(2)12-7/h1H2,2-9H3;2*1H2,2-8H3;2*1H2,2-7H3;3*1H2,2-6H3. The molecule has 0 unspecified atom stereocenters. The van der Waals surface area contributed by atoms with Crippen LogP contribution in [0.1, 0.15) is 298 Å². The van der Waals surface area contributed by atoms with Crippen LogP contribution >= 0.6 is 23.5 Å². The predicted octanol–water partition coefficient (Wildman–Crippen LogP) is 24.0. The molecule has 0 atom stereocenters. The predicted molar refractivity (Wildman–Crippen MR) is 469 cm³/mol. The van der Waals surface area contributed by atoms with Gasteiger partial charge in [0.15, 0.2) is 17.7 Å². The van der Waals surface area contributed by atoms with E-state index in [1.165, 1.54) is 9.93 Å². The van der Waals surface area contributed by atoms with Crippen molar-refractivity contribution in [2.24, 2.45) is 68.3 Å². The highest BCUT2D eigenvalue weighted by molar-refractivity contribution is 8.17. The summed E-state index contributed by atoms with van der Waals surface area (Å²) in [5.74, 6) is 6.20. The quantitative estimate of drug-likeness (QED) is 0.231. The van der Waals surface area contributed by atoms with Gasteiger partial charge in [0.1, 0.15) is 28.6 Å². The molecule has 8 heterocycles. The molecule has 8 rings (SSSR count). The van der Waals surface area contributed by atoms with Crippen molar-refractivity contribution in [3.8, 4) is 0 Å². The van der Waals surface area contributed by atoms with Gasteiger partial charge in [-0.3, -0.25) is 9.98 Å². The summed E-state index contributed by atoms with van der Waals surface area (Å²) in [6.07, 6.45) is 0. The van der Waals surface area contributed by atoms with E-state index in [1.807, 2.05) is 60.5 Å². The second kappa shape index (κ2) is 30.8. The van der Waals surface area contributed by atoms with Crippen LogP contribution in [0.4, 0.5) is 0 Å². The third-order valence-electron chi connectivity index (χ3n) is 31.0. The lowest BCUT2D eigenvalue weighted by Crippen LogP contribution is -2.71. The summed E-state index contributed by atoms with van der Waals surface area (Å²) in [4.78, 5) is 37.0. The van der Waals surface area contributed by atoms with Gasteiger partial charge in [-0.1, -0.05) is 169 Å². The zero-order valence-corrected chi connectivity index (χ0v) is 79.3. The molecule has 0 amide bonds. The molecule has 8 aliphatic rings. The van der Waals surface area contributed by atoms with Crippen molar-refractivity contribution < 1.29 is 14.2 Å². The van der Waals surface area contributed by atoms with Crippen molar-refractivity contribution in [1.82, 2.24) is 29.4 Å². The van der Waals surface area contributed by atoms with Gasteiger partial charge < -0.3 is 43.6 Å². The zero-order valence-electron chi connectivity index (χ0n) is 77.6. The average Bonchev–Trinajstić information content (AvgIpc) is 0.699. The molecule has 0 saturated carbocycles. The highest BCUT2D eigenvalue weighted by atomic mass is 32.2. The molecule has 105 heavy (non-hydrogen) atoms. The molecule has 0 spiro atoms. The molecule has 0 aromatic rings. The Morgan fingerprint density at radius 2 is 0.733 bits per heavy atom. The van der Waals surface area contributed by atoms with Gasteiger partial charge >= 0.3 is 0 Å². The Morgan fingerprint density at radius 3 is 1.14 bits per heavy atom. The van der Waals surface area contributed by atoms with Crippen LogP contribution in [0.25, 0.3) is 0 Å². The first-order valence-electron chi connectivity index (χ1n) is 38.0. The van der Waals surface area contributed by atoms with Crippen LogP contribution in [0.2, 0.25) is 0 Å². The normalized spacial score (nSPS) is 27.1. The largest absolute Gasteiger partial charge is 0.474 e. The van der Waals surface area contributed by atoms with Gasteiger partial charge in [-0.05, 0) is 185 Å². The van der Waals surface area contributed by atoms with E-state index in [9.17, 15) is 0 Å². The molecule has 0 N–H and O–H groups in total. The summed E-state index contributed by atoms with van der Waals surface area (Å²) in [6.45, 7) is 126. The Labute approximate surface area is 657 Å². The molecule has 0 radical (unpaired) electrons. The minimum atomic E-state index is -0.212. The molecular formula is C89H163N11O3S2. The topological polar surface area (TPSA) is 109 Å². The second-order valence-corrected chi connectivity index (χ2v) is 43.5. The molecule has 3 fully saturated rings. The number of hydrogen-bond acceptors (Lipinski definition) is 16. The maximum absolute atomic E-state index is 5.87. The molecule has 0 aromatic heterocycles. The van der Waals surface area contributed by atoms with Crippen molar-refractivity contribution >= 4 is 52.0 Å². The van der Waals surface area contributed by atoms with Crippen LogP contribution in [0.15, 0.2) is 122 Å². The molecule has 0 aliphatic carbocycles. The van der Waals surface area contributed by atoms with Gasteiger partial charge in [-0.2, -0.15) is 0 Å². The lowest BCUT2D eigenvalue weighted by Gasteiger charge is -2.65. The van der Waals surface area contributed by atoms with Gasteiger partial charge in [0, 0.05) is 149 Å². The monoisotopic (exact) mass is 1500 g/mol. The SMILES string of the molecule is C=C1N(C)C(C)(C)C(C)(C)C(C)(C)N1C.C=C1N(C)C(C)=NC(C)(C)C1(C)C.C=C1N=C(C)N(C)C(C)(C)C1(C)C.C=C1N=C(C)OC(C)(C)C1(C)C.C=C1OC(C)(C)C(C)(C)C(C)(C)N1C.C=C1OC(C)=NC(C)(C)C1(C)C.C=C1SC(C)(C)C(C)(C)C(C)(C)N1C.C=C1SC(C)=NC(C)(C)C1(C)C. The van der Waals surface area contributed by atoms with Gasteiger partial charge in [0.2, 0.25) is 0 Å². The van der Waals surface area contributed by atoms with Crippen molar-refractivity contribution in [1.29, 1.82) is 0 Å². The molecular weight excluding hydrogens is 1340 g/mol. The first kappa shape index (κ1) is 98.2. The van der Waals surface area contributed by atoms with Crippen molar-refractivity contribution in [2.75, 3.05) is 42.3 Å². The number of hydrogen-bond donors (Lipinski definition) is 0. The van der Waals surface area contributed by atoms with Crippen LogP contribution < -0.4 is 0 Å². The number of ether oxygens (including phenoxy) is 3. The molecule has 604 valence electrons. The summed E-state index contributed by atoms with van der Waals surface area (Å²) >= 11 is 3.60.